The number of benzene rings is 1. The molecule has 0 saturated carbocycles. The second-order valence-corrected chi connectivity index (χ2v) is 4.89. The van der Waals surface area contributed by atoms with Gasteiger partial charge in [0.2, 0.25) is 0 Å². The third-order valence-corrected chi connectivity index (χ3v) is 3.74. The van der Waals surface area contributed by atoms with Gasteiger partial charge in [0.05, 0.1) is 0 Å². The molecule has 1 aromatic carbocycles. The third-order valence-electron chi connectivity index (χ3n) is 2.33. The molecule has 0 bridgehead atoms. The van der Waals surface area contributed by atoms with E-state index in [1.807, 2.05) is 0 Å². The fourth-order valence-electron chi connectivity index (χ4n) is 1.63. The molecule has 3 nitrogen and oxygen atoms in total. The maximum absolute atomic E-state index is 5.00. The van der Waals surface area contributed by atoms with Gasteiger partial charge in [0, 0.05) is 9.58 Å². The molecule has 1 aromatic heterocycles. The summed E-state index contributed by atoms with van der Waals surface area (Å²) in [5.41, 5.74) is 5.98. The van der Waals surface area contributed by atoms with Crippen molar-refractivity contribution >= 4 is 38.8 Å². The highest BCUT2D eigenvalue weighted by molar-refractivity contribution is 7.80. The molecule has 15 heavy (non-hydrogen) atoms. The molecule has 1 atom stereocenters. The number of hydrogen-bond donors (Lipinski definition) is 3. The lowest BCUT2D eigenvalue weighted by Crippen LogP contribution is -2.26. The van der Waals surface area contributed by atoms with Crippen LogP contribution in [-0.4, -0.2) is 5.11 Å². The minimum absolute atomic E-state index is 0.0925. The highest BCUT2D eigenvalue weighted by atomic mass is 32.1. The maximum atomic E-state index is 5.00. The number of rotatable bonds is 1. The van der Waals surface area contributed by atoms with Crippen LogP contribution in [-0.2, 0) is 0 Å². The van der Waals surface area contributed by atoms with E-state index in [1.165, 1.54) is 15.0 Å². The predicted octanol–water partition coefficient (Wildman–Crippen LogP) is 1.88. The van der Waals surface area contributed by atoms with Crippen molar-refractivity contribution in [1.82, 2.24) is 16.2 Å². The van der Waals surface area contributed by atoms with Gasteiger partial charge in [0.25, 0.3) is 0 Å². The van der Waals surface area contributed by atoms with Crippen molar-refractivity contribution in [2.45, 2.75) is 6.17 Å². The number of thiocarbonyl (C=S) groups is 1. The zero-order valence-electron chi connectivity index (χ0n) is 7.78. The molecular formula is C10H9N3S2. The zero-order valence-corrected chi connectivity index (χ0v) is 9.41. The van der Waals surface area contributed by atoms with Crippen molar-refractivity contribution in [3.8, 4) is 0 Å². The Bertz CT molecular complexity index is 487. The van der Waals surface area contributed by atoms with Crippen LogP contribution in [0.15, 0.2) is 30.3 Å². The molecule has 3 N–H and O–H groups in total. The molecule has 5 heteroatoms. The summed E-state index contributed by atoms with van der Waals surface area (Å²) in [5.74, 6) is 0. The average molecular weight is 235 g/mol. The van der Waals surface area contributed by atoms with Crippen LogP contribution < -0.4 is 16.2 Å². The lowest BCUT2D eigenvalue weighted by atomic mass is 10.2. The Morgan fingerprint density at radius 2 is 2.13 bits per heavy atom. The average Bonchev–Trinajstić information content (AvgIpc) is 2.82. The Morgan fingerprint density at radius 1 is 1.27 bits per heavy atom. The van der Waals surface area contributed by atoms with Gasteiger partial charge < -0.3 is 5.32 Å². The smallest absolute Gasteiger partial charge is 0.182 e. The van der Waals surface area contributed by atoms with Crippen LogP contribution in [0.25, 0.3) is 10.1 Å². The molecule has 0 radical (unpaired) electrons. The lowest BCUT2D eigenvalue weighted by Gasteiger charge is -2.04. The molecule has 1 aliphatic heterocycles. The number of hydrogen-bond acceptors (Lipinski definition) is 3. The summed E-state index contributed by atoms with van der Waals surface area (Å²) in [7, 11) is 0. The van der Waals surface area contributed by atoms with E-state index in [0.717, 1.165) is 0 Å². The number of thiophene rings is 1. The number of nitrogens with one attached hydrogen (secondary N) is 3. The van der Waals surface area contributed by atoms with E-state index in [4.69, 9.17) is 12.2 Å². The van der Waals surface area contributed by atoms with Crippen molar-refractivity contribution in [1.29, 1.82) is 0 Å². The lowest BCUT2D eigenvalue weighted by molar-refractivity contribution is 0.564. The largest absolute Gasteiger partial charge is 0.340 e. The van der Waals surface area contributed by atoms with Crippen molar-refractivity contribution in [2.24, 2.45) is 0 Å². The van der Waals surface area contributed by atoms with Crippen molar-refractivity contribution < 1.29 is 0 Å². The van der Waals surface area contributed by atoms with Crippen LogP contribution in [0.5, 0.6) is 0 Å². The van der Waals surface area contributed by atoms with Crippen LogP contribution in [0.4, 0.5) is 0 Å². The topological polar surface area (TPSA) is 36.1 Å². The highest BCUT2D eigenvalue weighted by Crippen LogP contribution is 2.29. The Hall–Kier alpha value is -1.17. The van der Waals surface area contributed by atoms with E-state index in [0.29, 0.717) is 5.11 Å². The number of fused-ring (bicyclic) bond motifs is 1. The fourth-order valence-corrected chi connectivity index (χ4v) is 2.87. The van der Waals surface area contributed by atoms with Crippen molar-refractivity contribution in [3.63, 3.8) is 0 Å². The minimum Gasteiger partial charge on any atom is -0.340 e. The third kappa shape index (κ3) is 1.58. The summed E-state index contributed by atoms with van der Waals surface area (Å²) in [6, 6.07) is 10.5. The first kappa shape index (κ1) is 9.08. The molecule has 2 heterocycles. The van der Waals surface area contributed by atoms with Crippen LogP contribution in [0.1, 0.15) is 11.0 Å². The van der Waals surface area contributed by atoms with Gasteiger partial charge in [0.1, 0.15) is 6.17 Å². The van der Waals surface area contributed by atoms with Crippen LogP contribution in [0.2, 0.25) is 0 Å². The molecule has 1 fully saturated rings. The second-order valence-electron chi connectivity index (χ2n) is 3.36. The van der Waals surface area contributed by atoms with Crippen molar-refractivity contribution in [3.05, 3.63) is 35.2 Å². The molecular weight excluding hydrogens is 226 g/mol. The molecule has 0 spiro atoms. The SMILES string of the molecule is S=C1NNC(c2cc3ccccc3s2)N1. The molecule has 0 aliphatic carbocycles. The first-order valence-electron chi connectivity index (χ1n) is 4.63. The van der Waals surface area contributed by atoms with Gasteiger partial charge in [-0.15, -0.1) is 11.3 Å². The van der Waals surface area contributed by atoms with Crippen LogP contribution in [0.3, 0.4) is 0 Å². The van der Waals surface area contributed by atoms with E-state index in [9.17, 15) is 0 Å². The van der Waals surface area contributed by atoms with Gasteiger partial charge in [-0.3, -0.25) is 5.43 Å². The molecule has 3 rings (SSSR count). The second kappa shape index (κ2) is 3.44. The Balaban J connectivity index is 2.01. The summed E-state index contributed by atoms with van der Waals surface area (Å²) >= 11 is 6.77. The van der Waals surface area contributed by atoms with E-state index in [2.05, 4.69) is 46.5 Å². The van der Waals surface area contributed by atoms with E-state index in [-0.39, 0.29) is 6.17 Å². The first-order chi connectivity index (χ1) is 7.33. The van der Waals surface area contributed by atoms with E-state index < -0.39 is 0 Å². The van der Waals surface area contributed by atoms with E-state index >= 15 is 0 Å². The van der Waals surface area contributed by atoms with Crippen molar-refractivity contribution in [2.75, 3.05) is 0 Å². The van der Waals surface area contributed by atoms with Gasteiger partial charge in [-0.25, -0.2) is 5.43 Å². The normalized spacial score (nSPS) is 20.3. The Morgan fingerprint density at radius 3 is 2.87 bits per heavy atom. The Labute approximate surface area is 96.5 Å². The summed E-state index contributed by atoms with van der Waals surface area (Å²) in [6.45, 7) is 0. The molecule has 76 valence electrons. The van der Waals surface area contributed by atoms with Gasteiger partial charge in [-0.1, -0.05) is 18.2 Å². The minimum atomic E-state index is 0.0925. The summed E-state index contributed by atoms with van der Waals surface area (Å²) < 4.78 is 1.30. The van der Waals surface area contributed by atoms with Gasteiger partial charge >= 0.3 is 0 Å². The quantitative estimate of drug-likeness (QED) is 0.660. The summed E-state index contributed by atoms with van der Waals surface area (Å²) in [4.78, 5) is 1.24. The molecule has 0 amide bonds. The van der Waals surface area contributed by atoms with Crippen LogP contribution in [0, 0.1) is 0 Å². The first-order valence-corrected chi connectivity index (χ1v) is 5.86. The van der Waals surface area contributed by atoms with Crippen LogP contribution >= 0.6 is 23.6 Å². The number of hydrazine groups is 1. The highest BCUT2D eigenvalue weighted by Gasteiger charge is 2.20. The summed E-state index contributed by atoms with van der Waals surface area (Å²) in [6.07, 6.45) is 0.0925. The molecule has 2 aromatic rings. The summed E-state index contributed by atoms with van der Waals surface area (Å²) in [5, 5.41) is 5.08. The predicted molar refractivity (Wildman–Crippen MR) is 66.6 cm³/mol. The molecule has 1 saturated heterocycles. The monoisotopic (exact) mass is 235 g/mol. The fraction of sp³-hybridized carbons (Fsp3) is 0.100. The maximum Gasteiger partial charge on any atom is 0.182 e. The van der Waals surface area contributed by atoms with Gasteiger partial charge in [-0.05, 0) is 29.7 Å². The van der Waals surface area contributed by atoms with E-state index in [1.54, 1.807) is 11.3 Å². The molecule has 1 aliphatic rings. The molecule has 1 unspecified atom stereocenters. The zero-order chi connectivity index (χ0) is 10.3. The Kier molecular flexibility index (Phi) is 2.09. The standard InChI is InChI=1S/C10H9N3S2/c14-10-11-9(12-13-10)8-5-6-3-1-2-4-7(6)15-8/h1-5,9,12H,(H2,11,13,14). The van der Waals surface area contributed by atoms with Gasteiger partial charge in [0.15, 0.2) is 5.11 Å². The van der Waals surface area contributed by atoms with Gasteiger partial charge in [-0.2, -0.15) is 0 Å².